The van der Waals surface area contributed by atoms with Crippen LogP contribution in [0.25, 0.3) is 0 Å². The van der Waals surface area contributed by atoms with Gasteiger partial charge in [0.25, 0.3) is 0 Å². The number of hydrogen-bond donors (Lipinski definition) is 1. The van der Waals surface area contributed by atoms with Crippen molar-refractivity contribution in [1.29, 1.82) is 0 Å². The van der Waals surface area contributed by atoms with Crippen molar-refractivity contribution in [2.75, 3.05) is 13.6 Å². The second-order valence-electron chi connectivity index (χ2n) is 2.54. The van der Waals surface area contributed by atoms with Gasteiger partial charge in [0.15, 0.2) is 0 Å². The van der Waals surface area contributed by atoms with Crippen LogP contribution in [0.2, 0.25) is 0 Å². The van der Waals surface area contributed by atoms with Gasteiger partial charge in [-0.3, -0.25) is 0 Å². The standard InChI is InChI=1S/C8H14N2/c1-9-5-2-8-3-6-10-7-4-8/h3,5-6,8,10H,2,4,7H2,1H3. The van der Waals surface area contributed by atoms with E-state index in [1.54, 1.807) is 0 Å². The molecule has 2 heteroatoms. The van der Waals surface area contributed by atoms with Gasteiger partial charge in [-0.15, -0.1) is 0 Å². The number of allylic oxidation sites excluding steroid dienone is 1. The monoisotopic (exact) mass is 138 g/mol. The molecule has 1 rings (SSSR count). The molecule has 1 atom stereocenters. The third-order valence-electron chi connectivity index (χ3n) is 1.74. The molecule has 0 aromatic carbocycles. The number of aliphatic imine (C=N–C) groups is 1. The highest BCUT2D eigenvalue weighted by molar-refractivity contribution is 5.57. The first-order valence-corrected chi connectivity index (χ1v) is 3.74. The van der Waals surface area contributed by atoms with E-state index in [-0.39, 0.29) is 0 Å². The zero-order valence-electron chi connectivity index (χ0n) is 6.38. The Morgan fingerprint density at radius 1 is 1.80 bits per heavy atom. The second-order valence-corrected chi connectivity index (χ2v) is 2.54. The van der Waals surface area contributed by atoms with Gasteiger partial charge < -0.3 is 10.3 Å². The van der Waals surface area contributed by atoms with E-state index in [2.05, 4.69) is 16.4 Å². The maximum Gasteiger partial charge on any atom is 0.0273 e. The smallest absolute Gasteiger partial charge is 0.0273 e. The van der Waals surface area contributed by atoms with Crippen molar-refractivity contribution >= 4 is 6.21 Å². The number of nitrogens with zero attached hydrogens (tertiary/aromatic N) is 1. The van der Waals surface area contributed by atoms with Gasteiger partial charge in [-0.2, -0.15) is 0 Å². The first kappa shape index (κ1) is 7.32. The lowest BCUT2D eigenvalue weighted by Crippen LogP contribution is -2.17. The van der Waals surface area contributed by atoms with Crippen molar-refractivity contribution in [2.24, 2.45) is 10.9 Å². The fourth-order valence-electron chi connectivity index (χ4n) is 1.09. The average Bonchev–Trinajstić information content (AvgIpc) is 2.03. The van der Waals surface area contributed by atoms with Crippen molar-refractivity contribution < 1.29 is 0 Å². The second kappa shape index (κ2) is 4.09. The molecule has 1 heterocycles. The summed E-state index contributed by atoms with van der Waals surface area (Å²) in [5.41, 5.74) is 0. The number of rotatable bonds is 2. The van der Waals surface area contributed by atoms with Gasteiger partial charge in [-0.25, -0.2) is 0 Å². The molecule has 0 aliphatic carbocycles. The van der Waals surface area contributed by atoms with Crippen molar-refractivity contribution in [2.45, 2.75) is 12.8 Å². The molecule has 2 nitrogen and oxygen atoms in total. The molecule has 0 aromatic rings. The van der Waals surface area contributed by atoms with Gasteiger partial charge in [0.2, 0.25) is 0 Å². The minimum absolute atomic E-state index is 0.713. The number of nitrogens with one attached hydrogen (secondary N) is 1. The lowest BCUT2D eigenvalue weighted by Gasteiger charge is -2.14. The number of hydrogen-bond acceptors (Lipinski definition) is 2. The Morgan fingerprint density at radius 3 is 3.30 bits per heavy atom. The summed E-state index contributed by atoms with van der Waals surface area (Å²) in [6.45, 7) is 1.11. The van der Waals surface area contributed by atoms with Crippen LogP contribution in [0.5, 0.6) is 0 Å². The molecule has 0 saturated carbocycles. The van der Waals surface area contributed by atoms with E-state index in [1.807, 2.05) is 19.5 Å². The molecule has 1 N–H and O–H groups in total. The minimum atomic E-state index is 0.713. The van der Waals surface area contributed by atoms with E-state index in [4.69, 9.17) is 0 Å². The van der Waals surface area contributed by atoms with Gasteiger partial charge >= 0.3 is 0 Å². The SMILES string of the molecule is CN=CCC1C=CNCC1. The molecule has 0 bridgehead atoms. The summed E-state index contributed by atoms with van der Waals surface area (Å²) < 4.78 is 0. The maximum absolute atomic E-state index is 3.95. The first-order valence-electron chi connectivity index (χ1n) is 3.74. The van der Waals surface area contributed by atoms with Gasteiger partial charge in [0.1, 0.15) is 0 Å². The predicted octanol–water partition coefficient (Wildman–Crippen LogP) is 1.20. The molecule has 0 amide bonds. The summed E-state index contributed by atoms with van der Waals surface area (Å²) in [5, 5.41) is 3.17. The van der Waals surface area contributed by atoms with Crippen LogP contribution in [0.15, 0.2) is 17.3 Å². The van der Waals surface area contributed by atoms with Crippen LogP contribution in [0.4, 0.5) is 0 Å². The third kappa shape index (κ3) is 2.21. The minimum Gasteiger partial charge on any atom is -0.391 e. The molecule has 0 fully saturated rings. The summed E-state index contributed by atoms with van der Waals surface area (Å²) in [4.78, 5) is 3.95. The quantitative estimate of drug-likeness (QED) is 0.570. The molecule has 1 aliphatic rings. The highest BCUT2D eigenvalue weighted by atomic mass is 14.8. The molecular formula is C8H14N2. The van der Waals surface area contributed by atoms with Gasteiger partial charge in [-0.1, -0.05) is 6.08 Å². The highest BCUT2D eigenvalue weighted by Crippen LogP contribution is 2.10. The molecule has 0 aromatic heterocycles. The van der Waals surface area contributed by atoms with Crippen LogP contribution in [-0.4, -0.2) is 19.8 Å². The maximum atomic E-state index is 3.95. The van der Waals surface area contributed by atoms with Crippen LogP contribution < -0.4 is 5.32 Å². The molecule has 1 unspecified atom stereocenters. The molecule has 0 saturated heterocycles. The molecule has 1 aliphatic heterocycles. The third-order valence-corrected chi connectivity index (χ3v) is 1.74. The van der Waals surface area contributed by atoms with E-state index in [9.17, 15) is 0 Å². The first-order chi connectivity index (χ1) is 4.93. The largest absolute Gasteiger partial charge is 0.391 e. The fraction of sp³-hybridized carbons (Fsp3) is 0.625. The average molecular weight is 138 g/mol. The van der Waals surface area contributed by atoms with Crippen molar-refractivity contribution in [1.82, 2.24) is 5.32 Å². The lowest BCUT2D eigenvalue weighted by atomic mass is 10.0. The normalized spacial score (nSPS) is 25.1. The van der Waals surface area contributed by atoms with Crippen LogP contribution in [0, 0.1) is 5.92 Å². The Hall–Kier alpha value is -0.790. The fourth-order valence-corrected chi connectivity index (χ4v) is 1.09. The van der Waals surface area contributed by atoms with Crippen LogP contribution in [-0.2, 0) is 0 Å². The molecular weight excluding hydrogens is 124 g/mol. The Morgan fingerprint density at radius 2 is 2.70 bits per heavy atom. The van der Waals surface area contributed by atoms with E-state index in [0.717, 1.165) is 13.0 Å². The summed E-state index contributed by atoms with van der Waals surface area (Å²) in [6, 6.07) is 0. The van der Waals surface area contributed by atoms with Gasteiger partial charge in [0.05, 0.1) is 0 Å². The van der Waals surface area contributed by atoms with Crippen LogP contribution >= 0.6 is 0 Å². The summed E-state index contributed by atoms with van der Waals surface area (Å²) in [5.74, 6) is 0.713. The summed E-state index contributed by atoms with van der Waals surface area (Å²) >= 11 is 0. The van der Waals surface area contributed by atoms with Crippen molar-refractivity contribution in [3.8, 4) is 0 Å². The Kier molecular flexibility index (Phi) is 3.00. The molecule has 56 valence electrons. The summed E-state index contributed by atoms with van der Waals surface area (Å²) in [7, 11) is 1.82. The topological polar surface area (TPSA) is 24.4 Å². The van der Waals surface area contributed by atoms with Crippen LogP contribution in [0.3, 0.4) is 0 Å². The molecule has 10 heavy (non-hydrogen) atoms. The zero-order valence-corrected chi connectivity index (χ0v) is 6.38. The van der Waals surface area contributed by atoms with E-state index >= 15 is 0 Å². The Balaban J connectivity index is 2.26. The highest BCUT2D eigenvalue weighted by Gasteiger charge is 2.04. The molecule has 0 radical (unpaired) electrons. The Bertz CT molecular complexity index is 138. The van der Waals surface area contributed by atoms with E-state index < -0.39 is 0 Å². The van der Waals surface area contributed by atoms with E-state index in [1.165, 1.54) is 6.42 Å². The van der Waals surface area contributed by atoms with Crippen LogP contribution in [0.1, 0.15) is 12.8 Å². The lowest BCUT2D eigenvalue weighted by molar-refractivity contribution is 0.567. The van der Waals surface area contributed by atoms with Crippen molar-refractivity contribution in [3.05, 3.63) is 12.3 Å². The van der Waals surface area contributed by atoms with E-state index in [0.29, 0.717) is 5.92 Å². The van der Waals surface area contributed by atoms with Gasteiger partial charge in [-0.05, 0) is 31.2 Å². The van der Waals surface area contributed by atoms with Crippen molar-refractivity contribution in [3.63, 3.8) is 0 Å². The van der Waals surface area contributed by atoms with Gasteiger partial charge in [0, 0.05) is 13.6 Å². The molecule has 0 spiro atoms. The predicted molar refractivity (Wildman–Crippen MR) is 44.3 cm³/mol. The Labute approximate surface area is 62.0 Å². The zero-order chi connectivity index (χ0) is 7.23. The summed E-state index contributed by atoms with van der Waals surface area (Å²) in [6.07, 6.45) is 8.57.